The largest absolute Gasteiger partial charge is 0.462 e. The summed E-state index contributed by atoms with van der Waals surface area (Å²) in [5, 5.41) is 0. The molecule has 0 aromatic carbocycles. The average Bonchev–Trinajstić information content (AvgIpc) is 3.37. The van der Waals surface area contributed by atoms with Gasteiger partial charge in [-0.25, -0.2) is 0 Å². The zero-order valence-corrected chi connectivity index (χ0v) is 47.2. The fourth-order valence-electron chi connectivity index (χ4n) is 8.79. The zero-order chi connectivity index (χ0) is 51.4. The fourth-order valence-corrected chi connectivity index (χ4v) is 8.79. The van der Waals surface area contributed by atoms with Gasteiger partial charge in [0.05, 0.1) is 0 Å². The number of rotatable bonds is 56. The van der Waals surface area contributed by atoms with E-state index in [1.54, 1.807) is 0 Å². The summed E-state index contributed by atoms with van der Waals surface area (Å²) < 4.78 is 16.9. The molecule has 71 heavy (non-hydrogen) atoms. The van der Waals surface area contributed by atoms with Gasteiger partial charge in [-0.05, 0) is 109 Å². The van der Waals surface area contributed by atoms with Gasteiger partial charge >= 0.3 is 17.9 Å². The summed E-state index contributed by atoms with van der Waals surface area (Å²) in [5.41, 5.74) is 0. The number of hydrogen-bond acceptors (Lipinski definition) is 6. The van der Waals surface area contributed by atoms with Crippen LogP contribution >= 0.6 is 0 Å². The summed E-state index contributed by atoms with van der Waals surface area (Å²) in [4.78, 5) is 38.2. The van der Waals surface area contributed by atoms with E-state index in [-0.39, 0.29) is 31.1 Å². The van der Waals surface area contributed by atoms with Crippen molar-refractivity contribution < 1.29 is 28.6 Å². The Bertz CT molecular complexity index is 1280. The normalized spacial score (nSPS) is 12.4. The molecular weight excluding hydrogens is 877 g/mol. The van der Waals surface area contributed by atoms with E-state index in [4.69, 9.17) is 14.2 Å². The first kappa shape index (κ1) is 68.1. The molecular formula is C65H116O6. The minimum absolute atomic E-state index is 0.0825. The number of allylic oxidation sites excluding steroid dienone is 10. The van der Waals surface area contributed by atoms with E-state index in [1.165, 1.54) is 193 Å². The molecule has 0 aromatic heterocycles. The van der Waals surface area contributed by atoms with Crippen LogP contribution in [0.1, 0.15) is 316 Å². The van der Waals surface area contributed by atoms with E-state index in [9.17, 15) is 14.4 Å². The highest BCUT2D eigenvalue weighted by molar-refractivity contribution is 5.71. The second-order valence-corrected chi connectivity index (χ2v) is 20.6. The molecule has 0 saturated heterocycles. The molecule has 0 unspecified atom stereocenters. The van der Waals surface area contributed by atoms with E-state index in [1.807, 2.05) is 0 Å². The molecule has 0 spiro atoms. The first-order chi connectivity index (χ1) is 35.0. The molecule has 0 bridgehead atoms. The van der Waals surface area contributed by atoms with Crippen LogP contribution in [0.3, 0.4) is 0 Å². The van der Waals surface area contributed by atoms with E-state index in [2.05, 4.69) is 81.5 Å². The summed E-state index contributed by atoms with van der Waals surface area (Å²) in [6, 6.07) is 0. The topological polar surface area (TPSA) is 78.9 Å². The molecule has 6 heteroatoms. The Balaban J connectivity index is 4.38. The third-order valence-electron chi connectivity index (χ3n) is 13.5. The van der Waals surface area contributed by atoms with Gasteiger partial charge in [-0.1, -0.05) is 248 Å². The summed E-state index contributed by atoms with van der Waals surface area (Å²) in [5.74, 6) is -0.895. The van der Waals surface area contributed by atoms with Gasteiger partial charge in [-0.3, -0.25) is 14.4 Å². The smallest absolute Gasteiger partial charge is 0.306 e. The van der Waals surface area contributed by atoms with Gasteiger partial charge in [0.2, 0.25) is 0 Å². The number of esters is 3. The number of carbonyl (C=O) groups is 3. The van der Waals surface area contributed by atoms with Gasteiger partial charge in [-0.2, -0.15) is 0 Å². The number of carbonyl (C=O) groups excluding carboxylic acids is 3. The Morgan fingerprint density at radius 3 is 0.845 bits per heavy atom. The highest BCUT2D eigenvalue weighted by atomic mass is 16.6. The van der Waals surface area contributed by atoms with Gasteiger partial charge in [-0.15, -0.1) is 0 Å². The quantitative estimate of drug-likeness (QED) is 0.0261. The van der Waals surface area contributed by atoms with Gasteiger partial charge < -0.3 is 14.2 Å². The van der Waals surface area contributed by atoms with Crippen molar-refractivity contribution in [2.45, 2.75) is 322 Å². The van der Waals surface area contributed by atoms with Crippen molar-refractivity contribution in [2.24, 2.45) is 0 Å². The lowest BCUT2D eigenvalue weighted by molar-refractivity contribution is -0.167. The van der Waals surface area contributed by atoms with Crippen molar-refractivity contribution in [3.05, 3.63) is 60.8 Å². The van der Waals surface area contributed by atoms with Crippen LogP contribution in [0.4, 0.5) is 0 Å². The third kappa shape index (κ3) is 57.9. The standard InChI is InChI=1S/C65H116O6/c1-4-7-10-13-16-19-22-25-28-30-31-32-33-35-38-41-44-47-50-53-56-59-65(68)71-62(60-69-63(66)57-54-51-48-45-42-39-36-27-24-21-18-15-12-9-6-3)61-70-64(67)58-55-52-49-46-43-40-37-34-29-26-23-20-17-14-11-8-5-2/h17,20-21,24-26,28-29,37,40,62H,4-16,18-19,22-23,27,30-36,38-39,41-61H2,1-3H3/b20-17-,24-21-,28-25-,29-26-,40-37-/t62-/m0/s1. The Kier molecular flexibility index (Phi) is 57.2. The zero-order valence-electron chi connectivity index (χ0n) is 47.2. The predicted octanol–water partition coefficient (Wildman–Crippen LogP) is 20.8. The van der Waals surface area contributed by atoms with Crippen molar-refractivity contribution in [3.8, 4) is 0 Å². The number of hydrogen-bond donors (Lipinski definition) is 0. The second-order valence-electron chi connectivity index (χ2n) is 20.6. The summed E-state index contributed by atoms with van der Waals surface area (Å²) in [6.07, 6.45) is 75.0. The Labute approximate surface area is 440 Å². The third-order valence-corrected chi connectivity index (χ3v) is 13.5. The molecule has 412 valence electrons. The van der Waals surface area contributed by atoms with Crippen LogP contribution in [-0.4, -0.2) is 37.2 Å². The molecule has 0 aliphatic rings. The predicted molar refractivity (Wildman–Crippen MR) is 307 cm³/mol. The van der Waals surface area contributed by atoms with Crippen molar-refractivity contribution in [1.82, 2.24) is 0 Å². The molecule has 0 aromatic rings. The first-order valence-electron chi connectivity index (χ1n) is 30.8. The highest BCUT2D eigenvalue weighted by Crippen LogP contribution is 2.16. The molecule has 0 aliphatic heterocycles. The van der Waals surface area contributed by atoms with Crippen LogP contribution in [0.15, 0.2) is 60.8 Å². The SMILES string of the molecule is CCCCC/C=C\C/C=C\C/C=C\CCCCCCC(=O)OC[C@H](COC(=O)CCCCCCCCC/C=C\CCCCCC)OC(=O)CCCCCCCCCCCCC/C=C\CCCCCCCC. The van der Waals surface area contributed by atoms with E-state index >= 15 is 0 Å². The summed E-state index contributed by atoms with van der Waals surface area (Å²) in [6.45, 7) is 6.61. The van der Waals surface area contributed by atoms with E-state index in [0.717, 1.165) is 83.5 Å². The van der Waals surface area contributed by atoms with Crippen LogP contribution in [-0.2, 0) is 28.6 Å². The molecule has 1 atom stereocenters. The molecule has 0 fully saturated rings. The van der Waals surface area contributed by atoms with Crippen molar-refractivity contribution >= 4 is 17.9 Å². The van der Waals surface area contributed by atoms with E-state index in [0.29, 0.717) is 19.3 Å². The average molecular weight is 994 g/mol. The minimum Gasteiger partial charge on any atom is -0.462 e. The fraction of sp³-hybridized carbons (Fsp3) is 0.800. The van der Waals surface area contributed by atoms with Crippen LogP contribution in [0.5, 0.6) is 0 Å². The number of ether oxygens (including phenoxy) is 3. The highest BCUT2D eigenvalue weighted by Gasteiger charge is 2.19. The lowest BCUT2D eigenvalue weighted by Crippen LogP contribution is -2.30. The maximum atomic E-state index is 12.9. The van der Waals surface area contributed by atoms with Crippen LogP contribution in [0.25, 0.3) is 0 Å². The molecule has 0 saturated carbocycles. The van der Waals surface area contributed by atoms with Crippen molar-refractivity contribution in [2.75, 3.05) is 13.2 Å². The molecule has 0 rings (SSSR count). The lowest BCUT2D eigenvalue weighted by Gasteiger charge is -2.18. The molecule has 0 N–H and O–H groups in total. The van der Waals surface area contributed by atoms with Crippen molar-refractivity contribution in [1.29, 1.82) is 0 Å². The molecule has 0 aliphatic carbocycles. The van der Waals surface area contributed by atoms with Gasteiger partial charge in [0.25, 0.3) is 0 Å². The second kappa shape index (κ2) is 59.7. The van der Waals surface area contributed by atoms with Crippen molar-refractivity contribution in [3.63, 3.8) is 0 Å². The van der Waals surface area contributed by atoms with Crippen LogP contribution in [0.2, 0.25) is 0 Å². The summed E-state index contributed by atoms with van der Waals surface area (Å²) >= 11 is 0. The van der Waals surface area contributed by atoms with Gasteiger partial charge in [0, 0.05) is 19.3 Å². The molecule has 0 amide bonds. The van der Waals surface area contributed by atoms with Gasteiger partial charge in [0.1, 0.15) is 13.2 Å². The van der Waals surface area contributed by atoms with E-state index < -0.39 is 6.10 Å². The monoisotopic (exact) mass is 993 g/mol. The summed E-state index contributed by atoms with van der Waals surface area (Å²) in [7, 11) is 0. The Hall–Kier alpha value is -2.89. The first-order valence-corrected chi connectivity index (χ1v) is 30.8. The Morgan fingerprint density at radius 2 is 0.507 bits per heavy atom. The Morgan fingerprint density at radius 1 is 0.282 bits per heavy atom. The van der Waals surface area contributed by atoms with Crippen LogP contribution < -0.4 is 0 Å². The maximum absolute atomic E-state index is 12.9. The maximum Gasteiger partial charge on any atom is 0.306 e. The molecule has 6 nitrogen and oxygen atoms in total. The van der Waals surface area contributed by atoms with Crippen LogP contribution in [0, 0.1) is 0 Å². The van der Waals surface area contributed by atoms with Gasteiger partial charge in [0.15, 0.2) is 6.10 Å². The molecule has 0 heterocycles. The number of unbranched alkanes of at least 4 members (excludes halogenated alkanes) is 35. The minimum atomic E-state index is -0.786. The molecule has 0 radical (unpaired) electrons. The lowest BCUT2D eigenvalue weighted by atomic mass is 10.0.